The normalized spacial score (nSPS) is 12.7. The molecule has 1 N–H and O–H groups in total. The van der Waals surface area contributed by atoms with Crippen molar-refractivity contribution in [2.45, 2.75) is 6.04 Å². The minimum absolute atomic E-state index is 0.0897. The summed E-state index contributed by atoms with van der Waals surface area (Å²) < 4.78 is 1.10. The molecule has 0 spiro atoms. The second-order valence-corrected chi connectivity index (χ2v) is 6.07. The van der Waals surface area contributed by atoms with E-state index >= 15 is 0 Å². The Balaban J connectivity index is 2.45. The molecule has 1 heterocycles. The summed E-state index contributed by atoms with van der Waals surface area (Å²) >= 11 is 17.3. The van der Waals surface area contributed by atoms with Crippen molar-refractivity contribution >= 4 is 50.5 Å². The smallest absolute Gasteiger partial charge is 0.0594 e. The van der Waals surface area contributed by atoms with Crippen LogP contribution in [0.25, 0.3) is 0 Å². The summed E-state index contributed by atoms with van der Waals surface area (Å²) in [5, 5.41) is 8.75. The van der Waals surface area contributed by atoms with Crippen LogP contribution in [-0.4, -0.2) is 7.05 Å². The first-order chi connectivity index (χ1) is 8.11. The van der Waals surface area contributed by atoms with Crippen LogP contribution in [0.4, 0.5) is 0 Å². The molecule has 1 nitrogen and oxygen atoms in total. The fourth-order valence-corrected chi connectivity index (χ4v) is 3.84. The van der Waals surface area contributed by atoms with Crippen molar-refractivity contribution in [2.24, 2.45) is 0 Å². The van der Waals surface area contributed by atoms with E-state index in [9.17, 15) is 0 Å². The SMILES string of the molecule is CNC(c1cc(Cl)cc(Cl)c1)c1cscc1Br. The topological polar surface area (TPSA) is 12.0 Å². The van der Waals surface area contributed by atoms with Crippen molar-refractivity contribution in [1.82, 2.24) is 5.32 Å². The Morgan fingerprint density at radius 1 is 1.18 bits per heavy atom. The zero-order valence-corrected chi connectivity index (χ0v) is 12.9. The minimum Gasteiger partial charge on any atom is -0.309 e. The first kappa shape index (κ1) is 13.4. The van der Waals surface area contributed by atoms with E-state index < -0.39 is 0 Å². The van der Waals surface area contributed by atoms with Gasteiger partial charge in [-0.3, -0.25) is 0 Å². The molecular formula is C12H10BrCl2NS. The highest BCUT2D eigenvalue weighted by atomic mass is 79.9. The fraction of sp³-hybridized carbons (Fsp3) is 0.167. The first-order valence-corrected chi connectivity index (χ1v) is 7.46. The second-order valence-electron chi connectivity index (χ2n) is 3.60. The molecule has 1 aromatic carbocycles. The van der Waals surface area contributed by atoms with E-state index in [0.717, 1.165) is 10.0 Å². The Labute approximate surface area is 123 Å². The first-order valence-electron chi connectivity index (χ1n) is 4.96. The number of rotatable bonds is 3. The molecule has 1 aromatic heterocycles. The molecule has 2 aromatic rings. The lowest BCUT2D eigenvalue weighted by Gasteiger charge is -2.17. The lowest BCUT2D eigenvalue weighted by molar-refractivity contribution is 0.692. The molecule has 0 amide bonds. The molecule has 0 aliphatic heterocycles. The maximum Gasteiger partial charge on any atom is 0.0594 e. The Hall–Kier alpha value is -0.0600. The van der Waals surface area contributed by atoms with Crippen molar-refractivity contribution in [1.29, 1.82) is 0 Å². The van der Waals surface area contributed by atoms with E-state index in [1.165, 1.54) is 5.56 Å². The van der Waals surface area contributed by atoms with Gasteiger partial charge in [0.15, 0.2) is 0 Å². The highest BCUT2D eigenvalue weighted by Gasteiger charge is 2.16. The molecule has 5 heteroatoms. The largest absolute Gasteiger partial charge is 0.309 e. The summed E-state index contributed by atoms with van der Waals surface area (Å²) in [5.41, 5.74) is 2.25. The van der Waals surface area contributed by atoms with Crippen molar-refractivity contribution in [3.8, 4) is 0 Å². The average Bonchev–Trinajstić information content (AvgIpc) is 2.65. The van der Waals surface area contributed by atoms with Crippen LogP contribution in [0.5, 0.6) is 0 Å². The molecule has 1 unspecified atom stereocenters. The highest BCUT2D eigenvalue weighted by molar-refractivity contribution is 9.10. The summed E-state index contributed by atoms with van der Waals surface area (Å²) in [6.45, 7) is 0. The monoisotopic (exact) mass is 349 g/mol. The fourth-order valence-electron chi connectivity index (χ4n) is 1.74. The van der Waals surface area contributed by atoms with Gasteiger partial charge in [-0.05, 0) is 57.7 Å². The molecule has 0 bridgehead atoms. The molecular weight excluding hydrogens is 341 g/mol. The van der Waals surface area contributed by atoms with Gasteiger partial charge in [-0.15, -0.1) is 0 Å². The summed E-state index contributed by atoms with van der Waals surface area (Å²) in [5.74, 6) is 0. The van der Waals surface area contributed by atoms with Gasteiger partial charge < -0.3 is 5.32 Å². The lowest BCUT2D eigenvalue weighted by atomic mass is 10.0. The molecule has 90 valence electrons. The number of hydrogen-bond acceptors (Lipinski definition) is 2. The van der Waals surface area contributed by atoms with E-state index in [-0.39, 0.29) is 6.04 Å². The number of nitrogens with one attached hydrogen (secondary N) is 1. The van der Waals surface area contributed by atoms with Gasteiger partial charge in [0.25, 0.3) is 0 Å². The quantitative estimate of drug-likeness (QED) is 0.809. The van der Waals surface area contributed by atoms with E-state index in [1.807, 2.05) is 19.2 Å². The number of benzene rings is 1. The Kier molecular flexibility index (Phi) is 4.50. The maximum absolute atomic E-state index is 6.03. The zero-order chi connectivity index (χ0) is 12.4. The van der Waals surface area contributed by atoms with E-state index in [4.69, 9.17) is 23.2 Å². The minimum atomic E-state index is 0.0897. The lowest BCUT2D eigenvalue weighted by Crippen LogP contribution is -2.17. The van der Waals surface area contributed by atoms with E-state index in [1.54, 1.807) is 17.4 Å². The Morgan fingerprint density at radius 2 is 1.82 bits per heavy atom. The second kappa shape index (κ2) is 5.72. The average molecular weight is 351 g/mol. The van der Waals surface area contributed by atoms with Gasteiger partial charge in [0, 0.05) is 19.9 Å². The van der Waals surface area contributed by atoms with Crippen LogP contribution in [0, 0.1) is 0 Å². The molecule has 0 fully saturated rings. The molecule has 0 saturated carbocycles. The van der Waals surface area contributed by atoms with Crippen LogP contribution in [-0.2, 0) is 0 Å². The van der Waals surface area contributed by atoms with Crippen LogP contribution in [0.2, 0.25) is 10.0 Å². The molecule has 2 rings (SSSR count). The predicted octanol–water partition coefficient (Wildman–Crippen LogP) is 5.13. The Morgan fingerprint density at radius 3 is 2.29 bits per heavy atom. The molecule has 1 atom stereocenters. The van der Waals surface area contributed by atoms with Crippen LogP contribution in [0.15, 0.2) is 33.4 Å². The molecule has 0 aliphatic rings. The Bertz CT molecular complexity index is 507. The van der Waals surface area contributed by atoms with Crippen LogP contribution < -0.4 is 5.32 Å². The molecule has 17 heavy (non-hydrogen) atoms. The van der Waals surface area contributed by atoms with Gasteiger partial charge in [0.1, 0.15) is 0 Å². The number of thiophene rings is 1. The van der Waals surface area contributed by atoms with Crippen LogP contribution >= 0.6 is 50.5 Å². The van der Waals surface area contributed by atoms with Crippen LogP contribution in [0.1, 0.15) is 17.2 Å². The van der Waals surface area contributed by atoms with Gasteiger partial charge in [-0.25, -0.2) is 0 Å². The van der Waals surface area contributed by atoms with Crippen LogP contribution in [0.3, 0.4) is 0 Å². The van der Waals surface area contributed by atoms with E-state index in [2.05, 4.69) is 32.0 Å². The third-order valence-corrected chi connectivity index (χ3v) is 4.65. The van der Waals surface area contributed by atoms with Crippen molar-refractivity contribution in [2.75, 3.05) is 7.05 Å². The third-order valence-electron chi connectivity index (χ3n) is 2.46. The van der Waals surface area contributed by atoms with Crippen molar-refractivity contribution in [3.05, 3.63) is 54.6 Å². The van der Waals surface area contributed by atoms with Gasteiger partial charge in [0.2, 0.25) is 0 Å². The van der Waals surface area contributed by atoms with Crippen molar-refractivity contribution in [3.63, 3.8) is 0 Å². The van der Waals surface area contributed by atoms with Crippen molar-refractivity contribution < 1.29 is 0 Å². The van der Waals surface area contributed by atoms with Gasteiger partial charge in [-0.1, -0.05) is 23.2 Å². The third kappa shape index (κ3) is 3.04. The highest BCUT2D eigenvalue weighted by Crippen LogP contribution is 2.33. The van der Waals surface area contributed by atoms with Gasteiger partial charge in [-0.2, -0.15) is 11.3 Å². The zero-order valence-electron chi connectivity index (χ0n) is 9.01. The van der Waals surface area contributed by atoms with Gasteiger partial charge >= 0.3 is 0 Å². The maximum atomic E-state index is 6.03. The summed E-state index contributed by atoms with van der Waals surface area (Å²) in [6.07, 6.45) is 0. The molecule has 0 aliphatic carbocycles. The number of halogens is 3. The van der Waals surface area contributed by atoms with E-state index in [0.29, 0.717) is 10.0 Å². The summed E-state index contributed by atoms with van der Waals surface area (Å²) in [7, 11) is 1.92. The predicted molar refractivity (Wildman–Crippen MR) is 79.4 cm³/mol. The molecule has 0 radical (unpaired) electrons. The summed E-state index contributed by atoms with van der Waals surface area (Å²) in [6, 6.07) is 5.69. The van der Waals surface area contributed by atoms with Gasteiger partial charge in [0.05, 0.1) is 6.04 Å². The standard InChI is InChI=1S/C12H10BrCl2NS/c1-16-12(10-5-17-6-11(10)13)7-2-8(14)4-9(15)3-7/h2-6,12,16H,1H3. The summed E-state index contributed by atoms with van der Waals surface area (Å²) in [4.78, 5) is 0. The number of hydrogen-bond donors (Lipinski definition) is 1. The molecule has 0 saturated heterocycles.